The lowest BCUT2D eigenvalue weighted by Crippen LogP contribution is -1.96. The van der Waals surface area contributed by atoms with Gasteiger partial charge in [-0.3, -0.25) is 0 Å². The maximum atomic E-state index is 3.91. The Hall–Kier alpha value is -1.12. The van der Waals surface area contributed by atoms with Crippen LogP contribution >= 0.6 is 31.9 Å². The van der Waals surface area contributed by atoms with E-state index in [1.54, 1.807) is 0 Å². The molecule has 1 aliphatic rings. The molecule has 0 nitrogen and oxygen atoms in total. The quantitative estimate of drug-likeness (QED) is 0.449. The minimum Gasteiger partial charge on any atom is -0.0786 e. The molecule has 1 aliphatic carbocycles. The summed E-state index contributed by atoms with van der Waals surface area (Å²) in [5, 5.41) is 2.87. The highest BCUT2D eigenvalue weighted by molar-refractivity contribution is 9.11. The molecule has 0 saturated carbocycles. The van der Waals surface area contributed by atoms with Crippen molar-refractivity contribution in [2.75, 3.05) is 0 Å². The Labute approximate surface area is 141 Å². The van der Waals surface area contributed by atoms with E-state index in [9.17, 15) is 0 Å². The highest BCUT2D eigenvalue weighted by atomic mass is 79.9. The van der Waals surface area contributed by atoms with Crippen molar-refractivity contribution < 1.29 is 0 Å². The zero-order valence-corrected chi connectivity index (χ0v) is 14.6. The van der Waals surface area contributed by atoms with Gasteiger partial charge in [-0.2, -0.15) is 0 Å². The molecule has 0 saturated heterocycles. The Balaban J connectivity index is 1.94. The van der Waals surface area contributed by atoms with Gasteiger partial charge in [0, 0.05) is 4.47 Å². The summed E-state index contributed by atoms with van der Waals surface area (Å²) < 4.78 is 1.15. The van der Waals surface area contributed by atoms with E-state index in [0.29, 0.717) is 0 Å². The van der Waals surface area contributed by atoms with E-state index in [1.165, 1.54) is 45.9 Å². The molecular formula is C19H14Br2. The predicted molar refractivity (Wildman–Crippen MR) is 96.3 cm³/mol. The summed E-state index contributed by atoms with van der Waals surface area (Å²) in [6.45, 7) is 0. The number of rotatable bonds is 2. The lowest BCUT2D eigenvalue weighted by atomic mass is 9.95. The molecule has 0 heterocycles. The number of halogens is 2. The third kappa shape index (κ3) is 2.16. The van der Waals surface area contributed by atoms with Gasteiger partial charge in [-0.05, 0) is 51.9 Å². The van der Waals surface area contributed by atoms with Gasteiger partial charge in [-0.15, -0.1) is 0 Å². The predicted octanol–water partition coefficient (Wildman–Crippen LogP) is 6.19. The van der Waals surface area contributed by atoms with E-state index in [1.807, 2.05) is 0 Å². The van der Waals surface area contributed by atoms with Gasteiger partial charge in [0.1, 0.15) is 0 Å². The van der Waals surface area contributed by atoms with Gasteiger partial charge in [0.25, 0.3) is 0 Å². The normalized spacial score (nSPS) is 14.6. The smallest absolute Gasteiger partial charge is 0.0661 e. The Morgan fingerprint density at radius 2 is 1.52 bits per heavy atom. The highest BCUT2D eigenvalue weighted by Gasteiger charge is 2.20. The van der Waals surface area contributed by atoms with Gasteiger partial charge >= 0.3 is 0 Å². The SMILES string of the molecule is Brc1ccccc1C(Br)c1ccc2c3c(cccc13)CC2. The van der Waals surface area contributed by atoms with Crippen molar-refractivity contribution in [1.29, 1.82) is 0 Å². The van der Waals surface area contributed by atoms with E-state index in [-0.39, 0.29) is 4.83 Å². The first-order valence-electron chi connectivity index (χ1n) is 7.17. The van der Waals surface area contributed by atoms with Crippen LogP contribution in [0.25, 0.3) is 10.8 Å². The largest absolute Gasteiger partial charge is 0.0786 e. The first-order chi connectivity index (χ1) is 10.3. The molecule has 104 valence electrons. The lowest BCUT2D eigenvalue weighted by Gasteiger charge is -2.16. The van der Waals surface area contributed by atoms with Crippen molar-refractivity contribution in [3.05, 3.63) is 81.3 Å². The standard InChI is InChI=1S/C19H14Br2/c20-17-7-2-1-5-16(17)19(21)15-11-10-13-9-8-12-4-3-6-14(15)18(12)13/h1-7,10-11,19H,8-9H2. The van der Waals surface area contributed by atoms with Gasteiger partial charge in [-0.25, -0.2) is 0 Å². The fourth-order valence-corrected chi connectivity index (χ4v) is 4.96. The third-order valence-electron chi connectivity index (χ3n) is 4.36. The van der Waals surface area contributed by atoms with Crippen LogP contribution in [0.2, 0.25) is 0 Å². The van der Waals surface area contributed by atoms with Crippen molar-refractivity contribution in [2.24, 2.45) is 0 Å². The van der Waals surface area contributed by atoms with Gasteiger partial charge in [-0.1, -0.05) is 80.4 Å². The molecule has 1 atom stereocenters. The van der Waals surface area contributed by atoms with E-state index >= 15 is 0 Å². The first-order valence-corrected chi connectivity index (χ1v) is 8.88. The average Bonchev–Trinajstić information content (AvgIpc) is 2.93. The molecule has 3 aromatic rings. The van der Waals surface area contributed by atoms with Crippen LogP contribution in [0.5, 0.6) is 0 Å². The third-order valence-corrected chi connectivity index (χ3v) is 6.07. The number of hydrogen-bond acceptors (Lipinski definition) is 0. The van der Waals surface area contributed by atoms with Crippen LogP contribution in [0.4, 0.5) is 0 Å². The molecule has 0 spiro atoms. The van der Waals surface area contributed by atoms with Crippen LogP contribution < -0.4 is 0 Å². The minimum absolute atomic E-state index is 0.206. The van der Waals surface area contributed by atoms with Crippen LogP contribution in [-0.4, -0.2) is 0 Å². The van der Waals surface area contributed by atoms with Crippen molar-refractivity contribution in [3.8, 4) is 0 Å². The maximum absolute atomic E-state index is 3.91. The van der Waals surface area contributed by atoms with Crippen molar-refractivity contribution in [1.82, 2.24) is 0 Å². The topological polar surface area (TPSA) is 0 Å². The molecule has 0 N–H and O–H groups in total. The Morgan fingerprint density at radius 1 is 0.762 bits per heavy atom. The Kier molecular flexibility index (Phi) is 3.39. The first kappa shape index (κ1) is 13.5. The average molecular weight is 402 g/mol. The number of alkyl halides is 1. The van der Waals surface area contributed by atoms with E-state index < -0.39 is 0 Å². The number of benzene rings is 3. The molecule has 1 unspecified atom stereocenters. The second kappa shape index (κ2) is 5.26. The molecule has 2 heteroatoms. The Bertz CT molecular complexity index is 826. The molecule has 3 aromatic carbocycles. The van der Waals surface area contributed by atoms with Crippen LogP contribution in [-0.2, 0) is 12.8 Å². The molecular weight excluding hydrogens is 388 g/mol. The monoisotopic (exact) mass is 400 g/mol. The summed E-state index contributed by atoms with van der Waals surface area (Å²) in [5.74, 6) is 0. The molecule has 0 fully saturated rings. The number of hydrogen-bond donors (Lipinski definition) is 0. The van der Waals surface area contributed by atoms with Gasteiger partial charge < -0.3 is 0 Å². The van der Waals surface area contributed by atoms with Crippen LogP contribution in [0, 0.1) is 0 Å². The molecule has 4 rings (SSSR count). The number of aryl methyl sites for hydroxylation is 2. The van der Waals surface area contributed by atoms with Gasteiger partial charge in [0.05, 0.1) is 4.83 Å². The summed E-state index contributed by atoms with van der Waals surface area (Å²) in [5.41, 5.74) is 5.62. The molecule has 21 heavy (non-hydrogen) atoms. The second-order valence-electron chi connectivity index (χ2n) is 5.54. The summed E-state index contributed by atoms with van der Waals surface area (Å²) in [7, 11) is 0. The van der Waals surface area contributed by atoms with E-state index in [4.69, 9.17) is 0 Å². The summed E-state index contributed by atoms with van der Waals surface area (Å²) in [6.07, 6.45) is 2.36. The molecule has 0 aliphatic heterocycles. The van der Waals surface area contributed by atoms with Crippen LogP contribution in [0.15, 0.2) is 59.1 Å². The highest BCUT2D eigenvalue weighted by Crippen LogP contribution is 2.41. The van der Waals surface area contributed by atoms with Crippen LogP contribution in [0.3, 0.4) is 0 Å². The summed E-state index contributed by atoms with van der Waals surface area (Å²) in [6, 6.07) is 19.7. The maximum Gasteiger partial charge on any atom is 0.0661 e. The zero-order chi connectivity index (χ0) is 14.4. The van der Waals surface area contributed by atoms with Gasteiger partial charge in [0.2, 0.25) is 0 Å². The van der Waals surface area contributed by atoms with Crippen molar-refractivity contribution >= 4 is 42.6 Å². The van der Waals surface area contributed by atoms with Crippen molar-refractivity contribution in [2.45, 2.75) is 17.7 Å². The summed E-state index contributed by atoms with van der Waals surface area (Å²) >= 11 is 7.58. The fraction of sp³-hybridized carbons (Fsp3) is 0.158. The van der Waals surface area contributed by atoms with E-state index in [0.717, 1.165) is 4.47 Å². The second-order valence-corrected chi connectivity index (χ2v) is 7.31. The lowest BCUT2D eigenvalue weighted by molar-refractivity contribution is 1.02. The molecule has 0 bridgehead atoms. The fourth-order valence-electron chi connectivity index (χ4n) is 3.34. The van der Waals surface area contributed by atoms with Gasteiger partial charge in [0.15, 0.2) is 0 Å². The van der Waals surface area contributed by atoms with Crippen molar-refractivity contribution in [3.63, 3.8) is 0 Å². The minimum atomic E-state index is 0.206. The Morgan fingerprint density at radius 3 is 2.33 bits per heavy atom. The molecule has 0 amide bonds. The van der Waals surface area contributed by atoms with E-state index in [2.05, 4.69) is 86.5 Å². The zero-order valence-electron chi connectivity index (χ0n) is 11.4. The molecule has 0 aromatic heterocycles. The summed E-state index contributed by atoms with van der Waals surface area (Å²) in [4.78, 5) is 0.206. The molecule has 0 radical (unpaired) electrons. The van der Waals surface area contributed by atoms with Crippen LogP contribution in [0.1, 0.15) is 27.1 Å².